The second-order valence-electron chi connectivity index (χ2n) is 9.23. The Hall–Kier alpha value is -4.46. The molecule has 1 fully saturated rings. The zero-order chi connectivity index (χ0) is 28.1. The van der Waals surface area contributed by atoms with Gasteiger partial charge in [0.15, 0.2) is 23.0 Å². The predicted molar refractivity (Wildman–Crippen MR) is 153 cm³/mol. The second kappa shape index (κ2) is 12.2. The number of pyridine rings is 1. The zero-order valence-electron chi connectivity index (χ0n) is 23.1. The summed E-state index contributed by atoms with van der Waals surface area (Å²) in [5, 5.41) is 15.9. The van der Waals surface area contributed by atoms with Crippen LogP contribution in [0.2, 0.25) is 0 Å². The number of nitriles is 1. The number of hydrogen-bond donors (Lipinski definition) is 1. The number of rotatable bonds is 10. The van der Waals surface area contributed by atoms with Crippen molar-refractivity contribution in [3.63, 3.8) is 0 Å². The van der Waals surface area contributed by atoms with Gasteiger partial charge in [-0.05, 0) is 41.1 Å². The highest BCUT2D eigenvalue weighted by atomic mass is 16.5. The van der Waals surface area contributed by atoms with Crippen molar-refractivity contribution in [3.05, 3.63) is 48.0 Å². The van der Waals surface area contributed by atoms with Gasteiger partial charge in [-0.1, -0.05) is 0 Å². The van der Waals surface area contributed by atoms with E-state index < -0.39 is 0 Å². The molecular weight excluding hydrogens is 512 g/mol. The topological polar surface area (TPSA) is 107 Å². The van der Waals surface area contributed by atoms with E-state index in [1.165, 1.54) is 0 Å². The number of aromatic nitrogens is 1. The highest BCUT2D eigenvalue weighted by Crippen LogP contribution is 2.41. The zero-order valence-corrected chi connectivity index (χ0v) is 23.1. The lowest BCUT2D eigenvalue weighted by molar-refractivity contribution is 0.0321. The van der Waals surface area contributed by atoms with E-state index in [0.29, 0.717) is 52.4 Å². The van der Waals surface area contributed by atoms with E-state index in [1.54, 1.807) is 40.6 Å². The Kier molecular flexibility index (Phi) is 8.24. The summed E-state index contributed by atoms with van der Waals surface area (Å²) < 4.78 is 33.5. The maximum absolute atomic E-state index is 9.90. The minimum Gasteiger partial charge on any atom is -0.493 e. The molecule has 1 N–H and O–H groups in total. The fraction of sp³-hybridized carbons (Fsp3) is 0.333. The first-order chi connectivity index (χ1) is 19.6. The molecule has 0 aliphatic carbocycles. The molecule has 5 rings (SSSR count). The Labute approximate surface area is 232 Å². The van der Waals surface area contributed by atoms with E-state index in [4.69, 9.17) is 33.4 Å². The summed E-state index contributed by atoms with van der Waals surface area (Å²) in [6.45, 7) is 4.69. The molecule has 0 amide bonds. The van der Waals surface area contributed by atoms with Crippen LogP contribution in [-0.4, -0.2) is 77.8 Å². The molecule has 208 valence electrons. The Morgan fingerprint density at radius 2 is 1.50 bits per heavy atom. The van der Waals surface area contributed by atoms with Crippen LogP contribution >= 0.6 is 0 Å². The van der Waals surface area contributed by atoms with Crippen molar-refractivity contribution in [3.8, 4) is 34.8 Å². The maximum Gasteiger partial charge on any atom is 0.203 e. The number of fused-ring (bicyclic) bond motifs is 2. The fourth-order valence-corrected chi connectivity index (χ4v) is 4.78. The Balaban J connectivity index is 1.47. The van der Waals surface area contributed by atoms with Crippen LogP contribution in [0.4, 0.5) is 11.5 Å². The molecule has 2 heterocycles. The number of ether oxygens (including phenoxy) is 6. The van der Waals surface area contributed by atoms with Gasteiger partial charge in [-0.2, -0.15) is 5.26 Å². The number of benzene rings is 3. The number of nitrogens with zero attached hydrogens (tertiary/aromatic N) is 3. The molecule has 10 heteroatoms. The van der Waals surface area contributed by atoms with Crippen LogP contribution in [0.25, 0.3) is 21.7 Å². The Morgan fingerprint density at radius 1 is 0.825 bits per heavy atom. The molecule has 0 spiro atoms. The van der Waals surface area contributed by atoms with Crippen molar-refractivity contribution >= 4 is 33.2 Å². The van der Waals surface area contributed by atoms with E-state index in [0.717, 1.165) is 54.5 Å². The SMILES string of the molecule is COc1cc2cc3cc(C#N)c(Nc4cc(OC)c(OC)c(OC)c4)nc3cc2cc1OCCN1CCOCC1. The van der Waals surface area contributed by atoms with Gasteiger partial charge in [0, 0.05) is 42.8 Å². The summed E-state index contributed by atoms with van der Waals surface area (Å²) in [6.07, 6.45) is 0. The van der Waals surface area contributed by atoms with E-state index in [-0.39, 0.29) is 0 Å². The number of methoxy groups -OCH3 is 4. The van der Waals surface area contributed by atoms with Crippen LogP contribution in [0.15, 0.2) is 42.5 Å². The highest BCUT2D eigenvalue weighted by molar-refractivity contribution is 5.99. The lowest BCUT2D eigenvalue weighted by Crippen LogP contribution is -2.38. The Bertz CT molecular complexity index is 1540. The minimum absolute atomic E-state index is 0.399. The molecule has 1 aromatic heterocycles. The number of anilines is 2. The molecule has 0 bridgehead atoms. The smallest absolute Gasteiger partial charge is 0.203 e. The van der Waals surface area contributed by atoms with E-state index in [2.05, 4.69) is 16.3 Å². The second-order valence-corrected chi connectivity index (χ2v) is 9.23. The summed E-state index contributed by atoms with van der Waals surface area (Å²) in [4.78, 5) is 7.13. The fourth-order valence-electron chi connectivity index (χ4n) is 4.78. The molecule has 40 heavy (non-hydrogen) atoms. The van der Waals surface area contributed by atoms with Crippen LogP contribution in [0, 0.1) is 11.3 Å². The van der Waals surface area contributed by atoms with E-state index in [1.807, 2.05) is 30.3 Å². The molecule has 3 aromatic carbocycles. The molecule has 0 saturated carbocycles. The average Bonchev–Trinajstić information content (AvgIpc) is 2.99. The molecule has 0 atom stereocenters. The third-order valence-electron chi connectivity index (χ3n) is 6.87. The predicted octanol–water partition coefficient (Wildman–Crippen LogP) is 4.75. The minimum atomic E-state index is 0.399. The number of nitrogens with one attached hydrogen (secondary N) is 1. The van der Waals surface area contributed by atoms with Gasteiger partial charge in [-0.25, -0.2) is 4.98 Å². The van der Waals surface area contributed by atoms with Crippen LogP contribution in [0.5, 0.6) is 28.7 Å². The quantitative estimate of drug-likeness (QED) is 0.281. The maximum atomic E-state index is 9.90. The van der Waals surface area contributed by atoms with Gasteiger partial charge < -0.3 is 33.7 Å². The number of hydrogen-bond acceptors (Lipinski definition) is 10. The van der Waals surface area contributed by atoms with Gasteiger partial charge in [-0.15, -0.1) is 0 Å². The lowest BCUT2D eigenvalue weighted by atomic mass is 10.0. The summed E-state index contributed by atoms with van der Waals surface area (Å²) in [6, 6.07) is 15.5. The summed E-state index contributed by atoms with van der Waals surface area (Å²) in [5.74, 6) is 3.20. The summed E-state index contributed by atoms with van der Waals surface area (Å²) >= 11 is 0. The molecule has 1 aliphatic rings. The van der Waals surface area contributed by atoms with Crippen molar-refractivity contribution in [2.24, 2.45) is 0 Å². The average molecular weight is 545 g/mol. The van der Waals surface area contributed by atoms with Crippen LogP contribution in [0.3, 0.4) is 0 Å². The molecule has 1 saturated heterocycles. The van der Waals surface area contributed by atoms with E-state index in [9.17, 15) is 5.26 Å². The van der Waals surface area contributed by atoms with Crippen LogP contribution in [-0.2, 0) is 4.74 Å². The first kappa shape index (κ1) is 27.1. The first-order valence-electron chi connectivity index (χ1n) is 12.9. The van der Waals surface area contributed by atoms with Crippen molar-refractivity contribution in [2.45, 2.75) is 0 Å². The third-order valence-corrected chi connectivity index (χ3v) is 6.87. The Morgan fingerprint density at radius 3 is 2.15 bits per heavy atom. The van der Waals surface area contributed by atoms with Gasteiger partial charge in [-0.3, -0.25) is 4.90 Å². The van der Waals surface area contributed by atoms with Crippen molar-refractivity contribution in [1.29, 1.82) is 5.26 Å². The molecule has 10 nitrogen and oxygen atoms in total. The normalized spacial score (nSPS) is 13.6. The highest BCUT2D eigenvalue weighted by Gasteiger charge is 2.16. The van der Waals surface area contributed by atoms with Crippen molar-refractivity contribution in [1.82, 2.24) is 9.88 Å². The summed E-state index contributed by atoms with van der Waals surface area (Å²) in [5.41, 5.74) is 1.76. The van der Waals surface area contributed by atoms with Gasteiger partial charge in [0.05, 0.1) is 52.7 Å². The van der Waals surface area contributed by atoms with Crippen molar-refractivity contribution in [2.75, 3.05) is 73.2 Å². The van der Waals surface area contributed by atoms with Gasteiger partial charge in [0.2, 0.25) is 5.75 Å². The molecule has 1 aliphatic heterocycles. The molecule has 0 radical (unpaired) electrons. The largest absolute Gasteiger partial charge is 0.493 e. The standard InChI is InChI=1S/C30H32N4O6/c1-35-25-14-19-11-21-12-22(18-31)30(32-23-16-27(36-2)29(38-4)28(17-23)37-3)33-24(21)13-20(19)15-26(25)40-10-7-34-5-8-39-9-6-34/h11-17H,5-10H2,1-4H3,(H,32,33). The molecule has 0 unspecified atom stereocenters. The van der Waals surface area contributed by atoms with Crippen molar-refractivity contribution < 1.29 is 28.4 Å². The number of morpholine rings is 1. The lowest BCUT2D eigenvalue weighted by Gasteiger charge is -2.26. The van der Waals surface area contributed by atoms with E-state index >= 15 is 0 Å². The van der Waals surface area contributed by atoms with Crippen LogP contribution < -0.4 is 29.0 Å². The molecular formula is C30H32N4O6. The van der Waals surface area contributed by atoms with Gasteiger partial charge >= 0.3 is 0 Å². The first-order valence-corrected chi connectivity index (χ1v) is 12.9. The van der Waals surface area contributed by atoms with Gasteiger partial charge in [0.25, 0.3) is 0 Å². The van der Waals surface area contributed by atoms with Crippen LogP contribution in [0.1, 0.15) is 5.56 Å². The summed E-state index contributed by atoms with van der Waals surface area (Å²) in [7, 11) is 6.29. The monoisotopic (exact) mass is 544 g/mol. The molecule has 4 aromatic rings. The third kappa shape index (κ3) is 5.61. The van der Waals surface area contributed by atoms with Gasteiger partial charge in [0.1, 0.15) is 18.5 Å².